The summed E-state index contributed by atoms with van der Waals surface area (Å²) < 4.78 is 23.3. The minimum Gasteiger partial charge on any atom is -0.352 e. The van der Waals surface area contributed by atoms with Gasteiger partial charge in [-0.05, 0) is 48.9 Å². The molecule has 3 aromatic rings. The molecule has 1 aromatic heterocycles. The molecular formula is C23H22ClN3O4S. The van der Waals surface area contributed by atoms with Crippen molar-refractivity contribution in [1.29, 1.82) is 0 Å². The first-order valence-corrected chi connectivity index (χ1v) is 12.1. The molecule has 32 heavy (non-hydrogen) atoms. The van der Waals surface area contributed by atoms with E-state index >= 15 is 0 Å². The monoisotopic (exact) mass is 471 g/mol. The van der Waals surface area contributed by atoms with E-state index in [-0.39, 0.29) is 21.4 Å². The van der Waals surface area contributed by atoms with Gasteiger partial charge in [0.1, 0.15) is 0 Å². The number of sulfone groups is 1. The zero-order valence-electron chi connectivity index (χ0n) is 17.6. The summed E-state index contributed by atoms with van der Waals surface area (Å²) in [6, 6.07) is 14.5. The fourth-order valence-corrected chi connectivity index (χ4v) is 3.88. The number of nitrogens with one attached hydrogen (secondary N) is 2. The predicted molar refractivity (Wildman–Crippen MR) is 125 cm³/mol. The topological polar surface area (TPSA) is 105 Å². The van der Waals surface area contributed by atoms with E-state index in [1.54, 1.807) is 30.3 Å². The fraction of sp³-hybridized carbons (Fsp3) is 0.174. The lowest BCUT2D eigenvalue weighted by Crippen LogP contribution is -2.24. The van der Waals surface area contributed by atoms with Crippen molar-refractivity contribution in [1.82, 2.24) is 10.3 Å². The molecule has 0 aliphatic carbocycles. The zero-order valence-corrected chi connectivity index (χ0v) is 19.1. The number of anilines is 1. The van der Waals surface area contributed by atoms with Crippen molar-refractivity contribution in [2.24, 2.45) is 0 Å². The van der Waals surface area contributed by atoms with E-state index in [1.165, 1.54) is 24.4 Å². The molecule has 0 unspecified atom stereocenters. The molecule has 7 nitrogen and oxygen atoms in total. The Kier molecular flexibility index (Phi) is 7.27. The maximum absolute atomic E-state index is 12.6. The third-order valence-corrected chi connectivity index (χ3v) is 6.01. The molecule has 0 fully saturated rings. The molecule has 0 bridgehead atoms. The molecule has 0 radical (unpaired) electrons. The molecule has 0 aliphatic heterocycles. The van der Waals surface area contributed by atoms with E-state index < -0.39 is 15.7 Å². The Bertz CT molecular complexity index is 1260. The Morgan fingerprint density at radius 2 is 1.81 bits per heavy atom. The summed E-state index contributed by atoms with van der Waals surface area (Å²) in [5.74, 6) is -0.645. The first kappa shape index (κ1) is 23.4. The van der Waals surface area contributed by atoms with Gasteiger partial charge in [0, 0.05) is 30.2 Å². The molecule has 0 atom stereocenters. The molecule has 0 spiro atoms. The molecule has 0 aliphatic rings. The summed E-state index contributed by atoms with van der Waals surface area (Å²) in [5.41, 5.74) is 2.54. The number of hydrogen-bond donors (Lipinski definition) is 2. The summed E-state index contributed by atoms with van der Waals surface area (Å²) in [5, 5.41) is 5.60. The average molecular weight is 472 g/mol. The maximum Gasteiger partial charge on any atom is 0.257 e. The average Bonchev–Trinajstić information content (AvgIpc) is 2.77. The van der Waals surface area contributed by atoms with Gasteiger partial charge in [0.05, 0.1) is 26.7 Å². The van der Waals surface area contributed by atoms with Crippen molar-refractivity contribution in [3.63, 3.8) is 0 Å². The fourth-order valence-electron chi connectivity index (χ4n) is 2.90. The van der Waals surface area contributed by atoms with Crippen molar-refractivity contribution in [3.8, 4) is 11.3 Å². The third kappa shape index (κ3) is 5.72. The van der Waals surface area contributed by atoms with Crippen LogP contribution >= 0.6 is 11.6 Å². The molecule has 2 N–H and O–H groups in total. The van der Waals surface area contributed by atoms with Crippen LogP contribution in [0.2, 0.25) is 5.02 Å². The van der Waals surface area contributed by atoms with Crippen LogP contribution in [0.1, 0.15) is 34.1 Å². The van der Waals surface area contributed by atoms with Gasteiger partial charge in [-0.2, -0.15) is 0 Å². The lowest BCUT2D eigenvalue weighted by atomic mass is 10.1. The lowest BCUT2D eigenvalue weighted by molar-refractivity contribution is 0.0952. The van der Waals surface area contributed by atoms with E-state index in [0.29, 0.717) is 23.5 Å². The number of rotatable bonds is 7. The highest BCUT2D eigenvalue weighted by Gasteiger charge is 2.15. The van der Waals surface area contributed by atoms with Crippen LogP contribution in [0.3, 0.4) is 0 Å². The molecule has 2 aromatic carbocycles. The largest absolute Gasteiger partial charge is 0.352 e. The van der Waals surface area contributed by atoms with Crippen LogP contribution in [0.25, 0.3) is 11.3 Å². The number of carbonyl (C=O) groups is 2. The second-order valence-electron chi connectivity index (χ2n) is 7.14. The second kappa shape index (κ2) is 9.93. The van der Waals surface area contributed by atoms with Gasteiger partial charge in [-0.15, -0.1) is 0 Å². The Balaban J connectivity index is 1.77. The molecule has 2 amide bonds. The molecule has 1 heterocycles. The molecule has 166 valence electrons. The number of amides is 2. The Morgan fingerprint density at radius 1 is 1.03 bits per heavy atom. The van der Waals surface area contributed by atoms with Crippen LogP contribution in [0.4, 0.5) is 5.69 Å². The quantitative estimate of drug-likeness (QED) is 0.537. The van der Waals surface area contributed by atoms with Crippen molar-refractivity contribution in [2.45, 2.75) is 18.2 Å². The SMILES string of the molecule is CCCNC(=O)c1ccc(-c2cccc(NC(=O)c3ccc(S(C)(=O)=O)cc3Cl)c2)nc1. The van der Waals surface area contributed by atoms with E-state index in [1.807, 2.05) is 13.0 Å². The first-order chi connectivity index (χ1) is 15.2. The lowest BCUT2D eigenvalue weighted by Gasteiger charge is -2.10. The van der Waals surface area contributed by atoms with Crippen molar-refractivity contribution >= 4 is 38.9 Å². The van der Waals surface area contributed by atoms with Crippen LogP contribution in [0.5, 0.6) is 0 Å². The molecule has 3 rings (SSSR count). The van der Waals surface area contributed by atoms with E-state index in [9.17, 15) is 18.0 Å². The highest BCUT2D eigenvalue weighted by molar-refractivity contribution is 7.90. The van der Waals surface area contributed by atoms with Crippen molar-refractivity contribution in [2.75, 3.05) is 18.1 Å². The predicted octanol–water partition coefficient (Wildman–Crippen LogP) is 4.20. The van der Waals surface area contributed by atoms with Crippen LogP contribution in [0.15, 0.2) is 65.7 Å². The Morgan fingerprint density at radius 3 is 2.44 bits per heavy atom. The van der Waals surface area contributed by atoms with Crippen LogP contribution in [0, 0.1) is 0 Å². The van der Waals surface area contributed by atoms with Gasteiger partial charge in [0.15, 0.2) is 9.84 Å². The second-order valence-corrected chi connectivity index (χ2v) is 9.56. The van der Waals surface area contributed by atoms with E-state index in [2.05, 4.69) is 15.6 Å². The van der Waals surface area contributed by atoms with Gasteiger partial charge in [-0.3, -0.25) is 14.6 Å². The summed E-state index contributed by atoms with van der Waals surface area (Å²) in [6.07, 6.45) is 3.43. The third-order valence-electron chi connectivity index (χ3n) is 4.59. The zero-order chi connectivity index (χ0) is 23.3. The van der Waals surface area contributed by atoms with Gasteiger partial charge in [0.2, 0.25) is 0 Å². The maximum atomic E-state index is 12.6. The molecular weight excluding hydrogens is 450 g/mol. The van der Waals surface area contributed by atoms with Gasteiger partial charge in [0.25, 0.3) is 11.8 Å². The van der Waals surface area contributed by atoms with Crippen LogP contribution in [-0.4, -0.2) is 38.0 Å². The standard InChI is InChI=1S/C23H22ClN3O4S/c1-3-11-25-22(28)16-7-10-21(26-14-16)15-5-4-6-17(12-15)27-23(29)19-9-8-18(13-20(19)24)32(2,30)31/h4-10,12-14H,3,11H2,1-2H3,(H,25,28)(H,27,29). The minimum atomic E-state index is -3.42. The molecule has 9 heteroatoms. The summed E-state index contributed by atoms with van der Waals surface area (Å²) in [7, 11) is -3.42. The highest BCUT2D eigenvalue weighted by Crippen LogP contribution is 2.24. The normalized spacial score (nSPS) is 11.1. The smallest absolute Gasteiger partial charge is 0.257 e. The van der Waals surface area contributed by atoms with E-state index in [0.717, 1.165) is 18.2 Å². The molecule has 0 saturated heterocycles. The Labute approximate surface area is 191 Å². The first-order valence-electron chi connectivity index (χ1n) is 9.84. The number of halogens is 1. The summed E-state index contributed by atoms with van der Waals surface area (Å²) >= 11 is 6.13. The number of hydrogen-bond acceptors (Lipinski definition) is 5. The van der Waals surface area contributed by atoms with Gasteiger partial charge in [-0.25, -0.2) is 8.42 Å². The molecule has 0 saturated carbocycles. The highest BCUT2D eigenvalue weighted by atomic mass is 35.5. The number of nitrogens with zero attached hydrogens (tertiary/aromatic N) is 1. The van der Waals surface area contributed by atoms with Crippen molar-refractivity contribution < 1.29 is 18.0 Å². The van der Waals surface area contributed by atoms with Gasteiger partial charge >= 0.3 is 0 Å². The number of pyridine rings is 1. The van der Waals surface area contributed by atoms with Gasteiger partial charge < -0.3 is 10.6 Å². The number of benzene rings is 2. The van der Waals surface area contributed by atoms with Crippen LogP contribution in [-0.2, 0) is 9.84 Å². The van der Waals surface area contributed by atoms with Crippen molar-refractivity contribution in [3.05, 3.63) is 76.9 Å². The number of carbonyl (C=O) groups excluding carboxylic acids is 2. The van der Waals surface area contributed by atoms with E-state index in [4.69, 9.17) is 11.6 Å². The summed E-state index contributed by atoms with van der Waals surface area (Å²) in [6.45, 7) is 2.58. The minimum absolute atomic E-state index is 0.0407. The summed E-state index contributed by atoms with van der Waals surface area (Å²) in [4.78, 5) is 29.1. The van der Waals surface area contributed by atoms with Crippen LogP contribution < -0.4 is 10.6 Å². The van der Waals surface area contributed by atoms with Gasteiger partial charge in [-0.1, -0.05) is 30.7 Å². The number of aromatic nitrogens is 1. The Hall–Kier alpha value is -3.23.